The van der Waals surface area contributed by atoms with Gasteiger partial charge in [-0.1, -0.05) is 6.07 Å². The first kappa shape index (κ1) is 16.6. The van der Waals surface area contributed by atoms with Crippen LogP contribution in [-0.2, 0) is 11.1 Å². The average Bonchev–Trinajstić information content (AvgIpc) is 2.45. The number of benzene rings is 2. The number of hydrogen-bond donors (Lipinski definition) is 0. The van der Waals surface area contributed by atoms with E-state index < -0.39 is 32.3 Å². The standard InChI is InChI=1S/C14H12N2O6S/c1-9-3-10(2)5-14(4-9)23(21)22-13-7-11(15(17)18)6-12(8-13)16(19)20/h3-8H,1-2H3. The van der Waals surface area contributed by atoms with Crippen molar-refractivity contribution in [3.8, 4) is 5.75 Å². The monoisotopic (exact) mass is 336 g/mol. The molecule has 0 fully saturated rings. The third-order valence-corrected chi connectivity index (χ3v) is 3.82. The Balaban J connectivity index is 2.36. The van der Waals surface area contributed by atoms with Crippen molar-refractivity contribution < 1.29 is 18.2 Å². The first-order valence-corrected chi connectivity index (χ1v) is 7.46. The van der Waals surface area contributed by atoms with Gasteiger partial charge in [-0.25, -0.2) is 4.21 Å². The molecule has 9 heteroatoms. The molecule has 1 unspecified atom stereocenters. The Morgan fingerprint density at radius 1 is 0.870 bits per heavy atom. The predicted molar refractivity (Wildman–Crippen MR) is 82.7 cm³/mol. The molecule has 2 rings (SSSR count). The van der Waals surface area contributed by atoms with Crippen LogP contribution in [0.15, 0.2) is 41.3 Å². The van der Waals surface area contributed by atoms with Crippen molar-refractivity contribution in [3.05, 3.63) is 67.8 Å². The zero-order valence-electron chi connectivity index (χ0n) is 12.2. The van der Waals surface area contributed by atoms with E-state index in [2.05, 4.69) is 0 Å². The summed E-state index contributed by atoms with van der Waals surface area (Å²) in [6.07, 6.45) is 0. The molecule has 0 aliphatic rings. The van der Waals surface area contributed by atoms with E-state index in [0.29, 0.717) is 4.90 Å². The van der Waals surface area contributed by atoms with Crippen LogP contribution in [-0.4, -0.2) is 14.1 Å². The number of nitrogens with zero attached hydrogens (tertiary/aromatic N) is 2. The maximum atomic E-state index is 12.2. The van der Waals surface area contributed by atoms with Gasteiger partial charge < -0.3 is 4.18 Å². The van der Waals surface area contributed by atoms with Crippen LogP contribution >= 0.6 is 0 Å². The zero-order chi connectivity index (χ0) is 17.1. The molecule has 23 heavy (non-hydrogen) atoms. The molecule has 1 atom stereocenters. The van der Waals surface area contributed by atoms with Crippen LogP contribution in [0.25, 0.3) is 0 Å². The predicted octanol–water partition coefficient (Wildman–Crippen LogP) is 3.22. The molecular weight excluding hydrogens is 324 g/mol. The number of hydrogen-bond acceptors (Lipinski definition) is 6. The number of rotatable bonds is 5. The fourth-order valence-corrected chi connectivity index (χ4v) is 2.92. The highest BCUT2D eigenvalue weighted by molar-refractivity contribution is 7.80. The van der Waals surface area contributed by atoms with Gasteiger partial charge in [-0.05, 0) is 37.1 Å². The minimum absolute atomic E-state index is 0.205. The largest absolute Gasteiger partial charge is 0.396 e. The van der Waals surface area contributed by atoms with Crippen molar-refractivity contribution in [2.75, 3.05) is 0 Å². The van der Waals surface area contributed by atoms with Crippen molar-refractivity contribution >= 4 is 22.5 Å². The van der Waals surface area contributed by atoms with Gasteiger partial charge in [-0.2, -0.15) is 0 Å². The maximum Gasteiger partial charge on any atom is 0.280 e. The van der Waals surface area contributed by atoms with Crippen LogP contribution in [0.2, 0.25) is 0 Å². The molecule has 0 aliphatic heterocycles. The highest BCUT2D eigenvalue weighted by Gasteiger charge is 2.19. The first-order chi connectivity index (χ1) is 10.8. The molecule has 0 N–H and O–H groups in total. The van der Waals surface area contributed by atoms with Gasteiger partial charge in [0.25, 0.3) is 11.4 Å². The fourth-order valence-electron chi connectivity index (χ4n) is 1.99. The molecule has 2 aromatic rings. The Bertz CT molecular complexity index is 768. The zero-order valence-corrected chi connectivity index (χ0v) is 13.0. The molecule has 0 saturated carbocycles. The van der Waals surface area contributed by atoms with Crippen molar-refractivity contribution in [2.24, 2.45) is 0 Å². The SMILES string of the molecule is Cc1cc(C)cc(S(=O)Oc2cc([N+](=O)[O-])cc([N+](=O)[O-])c2)c1. The Kier molecular flexibility index (Phi) is 4.70. The number of non-ortho nitro benzene ring substituents is 2. The van der Waals surface area contributed by atoms with E-state index in [1.807, 2.05) is 19.9 Å². The lowest BCUT2D eigenvalue weighted by atomic mass is 10.2. The molecule has 0 spiro atoms. The van der Waals surface area contributed by atoms with Crippen molar-refractivity contribution in [1.29, 1.82) is 0 Å². The van der Waals surface area contributed by atoms with Crippen LogP contribution in [0.5, 0.6) is 5.75 Å². The topological polar surface area (TPSA) is 113 Å². The summed E-state index contributed by atoms with van der Waals surface area (Å²) < 4.78 is 17.4. The normalized spacial score (nSPS) is 11.7. The van der Waals surface area contributed by atoms with Gasteiger partial charge in [0.05, 0.1) is 32.9 Å². The van der Waals surface area contributed by atoms with Crippen LogP contribution in [0.3, 0.4) is 0 Å². The molecule has 0 amide bonds. The molecule has 0 saturated heterocycles. The fraction of sp³-hybridized carbons (Fsp3) is 0.143. The van der Waals surface area contributed by atoms with Gasteiger partial charge in [-0.3, -0.25) is 20.2 Å². The minimum Gasteiger partial charge on any atom is -0.396 e. The Hall–Kier alpha value is -2.81. The Morgan fingerprint density at radius 2 is 1.35 bits per heavy atom. The average molecular weight is 336 g/mol. The smallest absolute Gasteiger partial charge is 0.280 e. The summed E-state index contributed by atoms with van der Waals surface area (Å²) in [6, 6.07) is 7.98. The van der Waals surface area contributed by atoms with E-state index in [1.165, 1.54) is 0 Å². The van der Waals surface area contributed by atoms with Gasteiger partial charge in [0.2, 0.25) is 11.1 Å². The van der Waals surface area contributed by atoms with Crippen molar-refractivity contribution in [1.82, 2.24) is 0 Å². The van der Waals surface area contributed by atoms with Crippen molar-refractivity contribution in [3.63, 3.8) is 0 Å². The van der Waals surface area contributed by atoms with Crippen LogP contribution in [0.4, 0.5) is 11.4 Å². The number of nitro groups is 2. The summed E-state index contributed by atoms with van der Waals surface area (Å²) in [7, 11) is 0. The van der Waals surface area contributed by atoms with E-state index in [1.54, 1.807) is 12.1 Å². The second-order valence-corrected chi connectivity index (χ2v) is 5.95. The lowest BCUT2D eigenvalue weighted by Crippen LogP contribution is -2.03. The van der Waals surface area contributed by atoms with E-state index >= 15 is 0 Å². The third-order valence-electron chi connectivity index (χ3n) is 2.86. The summed E-state index contributed by atoms with van der Waals surface area (Å²) in [4.78, 5) is 20.5. The molecule has 0 radical (unpaired) electrons. The molecule has 2 aromatic carbocycles. The minimum atomic E-state index is -1.94. The van der Waals surface area contributed by atoms with Crippen molar-refractivity contribution in [2.45, 2.75) is 18.7 Å². The van der Waals surface area contributed by atoms with Crippen LogP contribution < -0.4 is 4.18 Å². The van der Waals surface area contributed by atoms with E-state index in [0.717, 1.165) is 29.3 Å². The summed E-state index contributed by atoms with van der Waals surface area (Å²) in [5.41, 5.74) is 0.738. The van der Waals surface area contributed by atoms with Gasteiger partial charge >= 0.3 is 0 Å². The van der Waals surface area contributed by atoms with E-state index in [9.17, 15) is 24.4 Å². The lowest BCUT2D eigenvalue weighted by Gasteiger charge is -2.07. The number of aryl methyl sites for hydroxylation is 2. The van der Waals surface area contributed by atoms with E-state index in [-0.39, 0.29) is 5.75 Å². The molecule has 120 valence electrons. The summed E-state index contributed by atoms with van der Waals surface area (Å²) in [5, 5.41) is 21.6. The highest BCUT2D eigenvalue weighted by atomic mass is 32.2. The quantitative estimate of drug-likeness (QED) is 0.612. The molecule has 0 aliphatic carbocycles. The lowest BCUT2D eigenvalue weighted by molar-refractivity contribution is -0.394. The Morgan fingerprint density at radius 3 is 1.78 bits per heavy atom. The van der Waals surface area contributed by atoms with Crippen LogP contribution in [0, 0.1) is 34.1 Å². The third kappa shape index (κ3) is 4.10. The highest BCUT2D eigenvalue weighted by Crippen LogP contribution is 2.28. The van der Waals surface area contributed by atoms with Crippen LogP contribution in [0.1, 0.15) is 11.1 Å². The van der Waals surface area contributed by atoms with Gasteiger partial charge in [0, 0.05) is 0 Å². The van der Waals surface area contributed by atoms with Gasteiger partial charge in [-0.15, -0.1) is 0 Å². The summed E-state index contributed by atoms with van der Waals surface area (Å²) in [6.45, 7) is 3.65. The summed E-state index contributed by atoms with van der Waals surface area (Å²) >= 11 is -1.94. The van der Waals surface area contributed by atoms with E-state index in [4.69, 9.17) is 4.18 Å². The van der Waals surface area contributed by atoms with Gasteiger partial charge in [0.1, 0.15) is 0 Å². The number of nitro benzene ring substituents is 2. The first-order valence-electron chi connectivity index (χ1n) is 6.38. The molecule has 8 nitrogen and oxygen atoms in total. The maximum absolute atomic E-state index is 12.2. The molecule has 0 heterocycles. The second kappa shape index (κ2) is 6.53. The molecule has 0 aromatic heterocycles. The molecule has 0 bridgehead atoms. The summed E-state index contributed by atoms with van der Waals surface area (Å²) in [5.74, 6) is -0.205. The molecular formula is C14H12N2O6S. The Labute approximate surface area is 133 Å². The van der Waals surface area contributed by atoms with Gasteiger partial charge in [0.15, 0.2) is 5.75 Å². The second-order valence-electron chi connectivity index (χ2n) is 4.84.